The number of hydrogen-bond donors (Lipinski definition) is 0. The first kappa shape index (κ1) is 3.71. The summed E-state index contributed by atoms with van der Waals surface area (Å²) in [6, 6.07) is 0. The van der Waals surface area contributed by atoms with E-state index in [0.717, 1.165) is 11.8 Å². The van der Waals surface area contributed by atoms with E-state index < -0.39 is 0 Å². The number of fused-ring (bicyclic) bond motifs is 2. The summed E-state index contributed by atoms with van der Waals surface area (Å²) in [6.45, 7) is 0.644. The van der Waals surface area contributed by atoms with Crippen LogP contribution in [0.3, 0.4) is 0 Å². The molecule has 3 atom stereocenters. The maximum absolute atomic E-state index is 7.22. The Balaban J connectivity index is 2.10. The maximum Gasteiger partial charge on any atom is 0.0233 e. The van der Waals surface area contributed by atoms with Gasteiger partial charge in [0.15, 0.2) is 0 Å². The second-order valence-corrected chi connectivity index (χ2v) is 3.04. The zero-order valence-electron chi connectivity index (χ0n) is 6.01. The molecule has 8 heavy (non-hydrogen) atoms. The lowest BCUT2D eigenvalue weighted by Crippen LogP contribution is -1.99. The van der Waals surface area contributed by atoms with E-state index >= 15 is 0 Å². The van der Waals surface area contributed by atoms with Crippen LogP contribution < -0.4 is 0 Å². The average Bonchev–Trinajstić information content (AvgIpc) is 2.45. The molecule has 2 aliphatic rings. The summed E-state index contributed by atoms with van der Waals surface area (Å²) in [7, 11) is 0. The highest BCUT2D eigenvalue weighted by Gasteiger charge is 2.32. The molecular weight excluding hydrogens is 96.1 g/mol. The third kappa shape index (κ3) is 0.460. The van der Waals surface area contributed by atoms with Gasteiger partial charge in [0.2, 0.25) is 0 Å². The van der Waals surface area contributed by atoms with Gasteiger partial charge in [-0.3, -0.25) is 0 Å². The van der Waals surface area contributed by atoms with Crippen LogP contribution >= 0.6 is 0 Å². The van der Waals surface area contributed by atoms with Crippen molar-refractivity contribution in [3.63, 3.8) is 0 Å². The Labute approximate surface area is 52.0 Å². The molecule has 3 unspecified atom stereocenters. The van der Waals surface area contributed by atoms with Crippen molar-refractivity contribution in [3.8, 4) is 0 Å². The van der Waals surface area contributed by atoms with Crippen LogP contribution in [0.25, 0.3) is 0 Å². The molecule has 0 heteroatoms. The first-order chi connectivity index (χ1) is 4.40. The van der Waals surface area contributed by atoms with Gasteiger partial charge in [-0.1, -0.05) is 19.1 Å². The summed E-state index contributed by atoms with van der Waals surface area (Å²) >= 11 is 0. The second-order valence-electron chi connectivity index (χ2n) is 3.04. The minimum Gasteiger partial charge on any atom is -0.0851 e. The molecule has 2 rings (SSSR count). The fourth-order valence-corrected chi connectivity index (χ4v) is 1.89. The van der Waals surface area contributed by atoms with Crippen LogP contribution in [-0.2, 0) is 0 Å². The topological polar surface area (TPSA) is 0 Å². The fourth-order valence-electron chi connectivity index (χ4n) is 1.89. The van der Waals surface area contributed by atoms with E-state index in [1.807, 2.05) is 0 Å². The van der Waals surface area contributed by atoms with Gasteiger partial charge in [0.1, 0.15) is 0 Å². The molecule has 0 heterocycles. The summed E-state index contributed by atoms with van der Waals surface area (Å²) in [5, 5.41) is 0. The number of hydrogen-bond acceptors (Lipinski definition) is 0. The molecule has 0 spiro atoms. The Morgan fingerprint density at radius 1 is 1.50 bits per heavy atom. The van der Waals surface area contributed by atoms with Crippen molar-refractivity contribution in [1.82, 2.24) is 0 Å². The van der Waals surface area contributed by atoms with Crippen LogP contribution in [0.5, 0.6) is 0 Å². The highest BCUT2D eigenvalue weighted by Crippen LogP contribution is 2.42. The normalized spacial score (nSPS) is 52.5. The Kier molecular flexibility index (Phi) is 0.634. The van der Waals surface area contributed by atoms with Crippen molar-refractivity contribution in [2.75, 3.05) is 0 Å². The molecular formula is C8H12. The Morgan fingerprint density at radius 2 is 2.50 bits per heavy atom. The smallest absolute Gasteiger partial charge is 0.0233 e. The second kappa shape index (κ2) is 1.37. The molecule has 1 fully saturated rings. The first-order valence-corrected chi connectivity index (χ1v) is 3.37. The third-order valence-electron chi connectivity index (χ3n) is 2.42. The third-order valence-corrected chi connectivity index (χ3v) is 2.42. The van der Waals surface area contributed by atoms with Gasteiger partial charge in [0.05, 0.1) is 0 Å². The van der Waals surface area contributed by atoms with E-state index in [2.05, 4.69) is 12.2 Å². The van der Waals surface area contributed by atoms with Gasteiger partial charge in [-0.15, -0.1) is 0 Å². The van der Waals surface area contributed by atoms with Crippen molar-refractivity contribution in [2.45, 2.75) is 19.7 Å². The quantitative estimate of drug-likeness (QED) is 0.418. The molecule has 0 aromatic heterocycles. The van der Waals surface area contributed by atoms with Gasteiger partial charge in [-0.25, -0.2) is 0 Å². The standard InChI is InChI=1S/C8H12/c1-6-4-7-2-3-8(6)5-7/h2-3,6-8H,4-5H2,1H3/i1D. The summed E-state index contributed by atoms with van der Waals surface area (Å²) in [6.07, 6.45) is 7.29. The van der Waals surface area contributed by atoms with Crippen molar-refractivity contribution in [1.29, 1.82) is 0 Å². The molecule has 0 nitrogen and oxygen atoms in total. The van der Waals surface area contributed by atoms with Crippen LogP contribution in [0.4, 0.5) is 0 Å². The number of allylic oxidation sites excluding steroid dienone is 2. The predicted molar refractivity (Wildman–Crippen MR) is 34.5 cm³/mol. The molecule has 0 aromatic carbocycles. The lowest BCUT2D eigenvalue weighted by Gasteiger charge is -2.09. The average molecular weight is 109 g/mol. The van der Waals surface area contributed by atoms with Gasteiger partial charge in [-0.2, -0.15) is 0 Å². The van der Waals surface area contributed by atoms with Crippen LogP contribution in [0.1, 0.15) is 21.1 Å². The van der Waals surface area contributed by atoms with Gasteiger partial charge < -0.3 is 0 Å². The Morgan fingerprint density at radius 3 is 2.88 bits per heavy atom. The van der Waals surface area contributed by atoms with E-state index in [0.29, 0.717) is 12.8 Å². The molecule has 0 amide bonds. The van der Waals surface area contributed by atoms with Crippen molar-refractivity contribution in [2.24, 2.45) is 17.8 Å². The van der Waals surface area contributed by atoms with Gasteiger partial charge >= 0.3 is 0 Å². The molecule has 0 aliphatic heterocycles. The molecule has 0 aromatic rings. The monoisotopic (exact) mass is 109 g/mol. The zero-order chi connectivity index (χ0) is 6.27. The largest absolute Gasteiger partial charge is 0.0851 e. The first-order valence-electron chi connectivity index (χ1n) is 4.08. The molecule has 44 valence electrons. The molecule has 2 aliphatic carbocycles. The van der Waals surface area contributed by atoms with Crippen LogP contribution in [0.15, 0.2) is 12.2 Å². The minimum atomic E-state index is 0.644. The fraction of sp³-hybridized carbons (Fsp3) is 0.750. The van der Waals surface area contributed by atoms with E-state index in [4.69, 9.17) is 1.37 Å². The predicted octanol–water partition coefficient (Wildman–Crippen LogP) is 2.22. The van der Waals surface area contributed by atoms with E-state index in [9.17, 15) is 0 Å². The summed E-state index contributed by atoms with van der Waals surface area (Å²) in [4.78, 5) is 0. The highest BCUT2D eigenvalue weighted by atomic mass is 14.4. The Hall–Kier alpha value is -0.260. The van der Waals surface area contributed by atoms with Crippen molar-refractivity contribution in [3.05, 3.63) is 12.2 Å². The van der Waals surface area contributed by atoms with Gasteiger partial charge in [-0.05, 0) is 30.6 Å². The van der Waals surface area contributed by atoms with E-state index in [1.54, 1.807) is 0 Å². The summed E-state index contributed by atoms with van der Waals surface area (Å²) < 4.78 is 7.22. The van der Waals surface area contributed by atoms with Crippen molar-refractivity contribution < 1.29 is 1.37 Å². The Bertz CT molecular complexity index is 140. The SMILES string of the molecule is [2H]CC1CC2C=CC1C2. The van der Waals surface area contributed by atoms with Gasteiger partial charge in [0.25, 0.3) is 0 Å². The molecule has 0 N–H and O–H groups in total. The van der Waals surface area contributed by atoms with Gasteiger partial charge in [0, 0.05) is 1.37 Å². The molecule has 1 saturated carbocycles. The molecule has 0 saturated heterocycles. The highest BCUT2D eigenvalue weighted by molar-refractivity contribution is 5.08. The zero-order valence-corrected chi connectivity index (χ0v) is 5.01. The van der Waals surface area contributed by atoms with E-state index in [-0.39, 0.29) is 0 Å². The maximum atomic E-state index is 7.22. The van der Waals surface area contributed by atoms with Crippen LogP contribution in [0, 0.1) is 17.8 Å². The van der Waals surface area contributed by atoms with Crippen LogP contribution in [0.2, 0.25) is 0 Å². The minimum absolute atomic E-state index is 0.644. The number of rotatable bonds is 0. The molecule has 0 radical (unpaired) electrons. The van der Waals surface area contributed by atoms with Crippen LogP contribution in [-0.4, -0.2) is 0 Å². The lowest BCUT2D eigenvalue weighted by molar-refractivity contribution is 0.493. The molecule has 2 bridgehead atoms. The lowest BCUT2D eigenvalue weighted by atomic mass is 9.96. The van der Waals surface area contributed by atoms with E-state index in [1.165, 1.54) is 12.8 Å². The van der Waals surface area contributed by atoms with Crippen molar-refractivity contribution >= 4 is 0 Å². The summed E-state index contributed by atoms with van der Waals surface area (Å²) in [5.41, 5.74) is 0. The summed E-state index contributed by atoms with van der Waals surface area (Å²) in [5.74, 6) is 2.35.